The van der Waals surface area contributed by atoms with Crippen molar-refractivity contribution < 1.29 is 20.1 Å². The largest absolute Gasteiger partial charge is 0.305 e. The molecule has 0 aliphatic carbocycles. The van der Waals surface area contributed by atoms with Crippen LogP contribution in [0.2, 0.25) is 0 Å². The summed E-state index contributed by atoms with van der Waals surface area (Å²) in [4.78, 5) is 11.4. The second-order valence-electron chi connectivity index (χ2n) is 11.5. The summed E-state index contributed by atoms with van der Waals surface area (Å²) in [6.45, 7) is 6.81. The van der Waals surface area contributed by atoms with Crippen LogP contribution in [-0.2, 0) is 26.5 Å². The quantitative estimate of drug-likeness (QED) is 0.168. The minimum Gasteiger partial charge on any atom is -0.305 e. The van der Waals surface area contributed by atoms with Crippen LogP contribution < -0.4 is 0 Å². The molecule has 7 rings (SSSR count). The van der Waals surface area contributed by atoms with Crippen molar-refractivity contribution in [2.45, 2.75) is 37.0 Å². The first-order chi connectivity index (χ1) is 20.4. The molecule has 0 bridgehead atoms. The van der Waals surface area contributed by atoms with E-state index in [-0.39, 0.29) is 25.5 Å². The predicted molar refractivity (Wildman–Crippen MR) is 175 cm³/mol. The van der Waals surface area contributed by atoms with E-state index in [1.54, 1.807) is 6.20 Å². The number of rotatable bonds is 3. The van der Waals surface area contributed by atoms with Crippen LogP contribution >= 0.6 is 11.8 Å². The smallest absolute Gasteiger partial charge is 0.0163 e. The van der Waals surface area contributed by atoms with Crippen LogP contribution in [0.3, 0.4) is 0 Å². The van der Waals surface area contributed by atoms with E-state index in [0.717, 1.165) is 28.9 Å². The van der Waals surface area contributed by atoms with Gasteiger partial charge in [0.05, 0.1) is 0 Å². The first-order valence-corrected chi connectivity index (χ1v) is 15.0. The van der Waals surface area contributed by atoms with Crippen LogP contribution in [0.1, 0.15) is 26.3 Å². The van der Waals surface area contributed by atoms with Gasteiger partial charge in [0.2, 0.25) is 0 Å². The Balaban J connectivity index is 0.000000238. The fourth-order valence-corrected chi connectivity index (χ4v) is 6.26. The van der Waals surface area contributed by atoms with Crippen LogP contribution in [0.15, 0.2) is 137 Å². The minimum absolute atomic E-state index is 0. The van der Waals surface area contributed by atoms with E-state index < -0.39 is 0 Å². The molecule has 1 aliphatic heterocycles. The third-order valence-electron chi connectivity index (χ3n) is 7.01. The number of aromatic nitrogens is 2. The molecule has 0 unspecified atom stereocenters. The second kappa shape index (κ2) is 13.7. The molecule has 0 spiro atoms. The number of fused-ring (bicyclic) bond motifs is 5. The van der Waals surface area contributed by atoms with Gasteiger partial charge in [0.1, 0.15) is 0 Å². The Kier molecular flexibility index (Phi) is 9.72. The van der Waals surface area contributed by atoms with E-state index in [0.29, 0.717) is 0 Å². The average molecular weight is 753 g/mol. The predicted octanol–water partition coefficient (Wildman–Crippen LogP) is 10.5. The zero-order valence-electron chi connectivity index (χ0n) is 24.5. The molecule has 215 valence electrons. The van der Waals surface area contributed by atoms with Gasteiger partial charge < -0.3 is 9.97 Å². The van der Waals surface area contributed by atoms with Crippen LogP contribution in [0, 0.1) is 17.5 Å². The summed E-state index contributed by atoms with van der Waals surface area (Å²) in [6, 6.07) is 46.4. The molecule has 2 aromatic heterocycles. The summed E-state index contributed by atoms with van der Waals surface area (Å²) in [5.74, 6) is 0. The van der Waals surface area contributed by atoms with Gasteiger partial charge in [-0.3, -0.25) is 0 Å². The van der Waals surface area contributed by atoms with Crippen LogP contribution in [-0.4, -0.2) is 9.97 Å². The molecular formula is C39H32IrN2S-2. The summed E-state index contributed by atoms with van der Waals surface area (Å²) in [7, 11) is 0. The average Bonchev–Trinajstić information content (AvgIpc) is 3.16. The van der Waals surface area contributed by atoms with Gasteiger partial charge in [0.25, 0.3) is 0 Å². The molecule has 0 N–H and O–H groups in total. The number of pyridine rings is 2. The SMILES string of the molecule is CC(C)(C)Cc1ccnc(-c2[c-]cc3c(c2)-c2ccccc2-c2ccccc2S3)c1.[Ir].[c-]1ccccc1-c1ccccn1. The Morgan fingerprint density at radius 1 is 0.605 bits per heavy atom. The molecule has 0 amide bonds. The monoisotopic (exact) mass is 753 g/mol. The maximum atomic E-state index is 4.67. The zero-order valence-corrected chi connectivity index (χ0v) is 27.7. The van der Waals surface area contributed by atoms with E-state index in [2.05, 4.69) is 116 Å². The normalized spacial score (nSPS) is 11.4. The fourth-order valence-electron chi connectivity index (χ4n) is 5.19. The molecule has 0 saturated heterocycles. The molecular weight excluding hydrogens is 721 g/mol. The van der Waals surface area contributed by atoms with Crippen molar-refractivity contribution in [1.29, 1.82) is 0 Å². The van der Waals surface area contributed by atoms with E-state index in [1.165, 1.54) is 37.6 Å². The maximum Gasteiger partial charge on any atom is 0.0163 e. The Bertz CT molecular complexity index is 1770. The van der Waals surface area contributed by atoms with E-state index in [1.807, 2.05) is 60.4 Å². The van der Waals surface area contributed by atoms with Crippen molar-refractivity contribution in [3.63, 3.8) is 0 Å². The standard InChI is InChI=1S/C28H24NS.C11H8N.Ir/c1-28(2,3)18-19-14-15-29-25(16-19)20-12-13-27-24(17-20)22-9-5-4-8-21(22)23-10-6-7-11-26(23)30-27;1-2-6-10(7-3-1)11-8-4-5-9-12-11;/h4-11,13-17H,18H2,1-3H3;1-6,8-9H;/q2*-1;. The van der Waals surface area contributed by atoms with Crippen LogP contribution in [0.25, 0.3) is 44.8 Å². The van der Waals surface area contributed by atoms with E-state index in [4.69, 9.17) is 0 Å². The Hall–Kier alpha value is -3.82. The van der Waals surface area contributed by atoms with Gasteiger partial charge in [-0.2, -0.15) is 0 Å². The number of benzene rings is 4. The number of hydrogen-bond acceptors (Lipinski definition) is 3. The second-order valence-corrected chi connectivity index (χ2v) is 12.6. The van der Waals surface area contributed by atoms with Crippen molar-refractivity contribution in [1.82, 2.24) is 9.97 Å². The van der Waals surface area contributed by atoms with Crippen molar-refractivity contribution >= 4 is 11.8 Å². The van der Waals surface area contributed by atoms with Gasteiger partial charge in [-0.15, -0.1) is 71.4 Å². The van der Waals surface area contributed by atoms with Crippen molar-refractivity contribution in [3.05, 3.63) is 145 Å². The van der Waals surface area contributed by atoms with Crippen molar-refractivity contribution in [2.24, 2.45) is 5.41 Å². The summed E-state index contributed by atoms with van der Waals surface area (Å²) in [6.07, 6.45) is 4.74. The fraction of sp³-hybridized carbons (Fsp3) is 0.128. The van der Waals surface area contributed by atoms with Crippen molar-refractivity contribution in [3.8, 4) is 44.8 Å². The Morgan fingerprint density at radius 3 is 2.02 bits per heavy atom. The molecule has 2 nitrogen and oxygen atoms in total. The van der Waals surface area contributed by atoms with Gasteiger partial charge in [-0.05, 0) is 58.1 Å². The molecule has 4 aromatic carbocycles. The summed E-state index contributed by atoms with van der Waals surface area (Å²) in [5.41, 5.74) is 10.7. The van der Waals surface area contributed by atoms with Gasteiger partial charge in [-0.25, -0.2) is 0 Å². The van der Waals surface area contributed by atoms with Gasteiger partial charge in [0, 0.05) is 37.4 Å². The molecule has 1 aliphatic rings. The number of nitrogens with zero attached hydrogens (tertiary/aromatic N) is 2. The van der Waals surface area contributed by atoms with Crippen LogP contribution in [0.4, 0.5) is 0 Å². The molecule has 0 atom stereocenters. The van der Waals surface area contributed by atoms with Gasteiger partial charge >= 0.3 is 0 Å². The molecule has 1 radical (unpaired) electrons. The first-order valence-electron chi connectivity index (χ1n) is 14.2. The van der Waals surface area contributed by atoms with Crippen LogP contribution in [0.5, 0.6) is 0 Å². The topological polar surface area (TPSA) is 25.8 Å². The Morgan fingerprint density at radius 2 is 1.30 bits per heavy atom. The van der Waals surface area contributed by atoms with Gasteiger partial charge in [-0.1, -0.05) is 97.5 Å². The molecule has 3 heterocycles. The van der Waals surface area contributed by atoms with E-state index >= 15 is 0 Å². The molecule has 4 heteroatoms. The minimum atomic E-state index is 0. The maximum absolute atomic E-state index is 4.67. The molecule has 43 heavy (non-hydrogen) atoms. The zero-order chi connectivity index (χ0) is 28.9. The van der Waals surface area contributed by atoms with Crippen molar-refractivity contribution in [2.75, 3.05) is 0 Å². The first kappa shape index (κ1) is 30.6. The molecule has 0 saturated carbocycles. The third kappa shape index (κ3) is 7.40. The van der Waals surface area contributed by atoms with E-state index in [9.17, 15) is 0 Å². The van der Waals surface area contributed by atoms with Gasteiger partial charge in [0.15, 0.2) is 0 Å². The molecule has 0 fully saturated rings. The molecule has 6 aromatic rings. The summed E-state index contributed by atoms with van der Waals surface area (Å²) >= 11 is 1.82. The summed E-state index contributed by atoms with van der Waals surface area (Å²) < 4.78 is 0. The summed E-state index contributed by atoms with van der Waals surface area (Å²) in [5, 5.41) is 0. The Labute approximate surface area is 273 Å². The number of hydrogen-bond donors (Lipinski definition) is 0. The third-order valence-corrected chi connectivity index (χ3v) is 8.15.